The molecule has 2 unspecified atom stereocenters. The van der Waals surface area contributed by atoms with Gasteiger partial charge in [-0.1, -0.05) is 12.8 Å². The van der Waals surface area contributed by atoms with Gasteiger partial charge in [0.2, 0.25) is 0 Å². The number of aliphatic hydroxyl groups is 1. The van der Waals surface area contributed by atoms with Crippen molar-refractivity contribution in [1.82, 2.24) is 10.2 Å². The van der Waals surface area contributed by atoms with Gasteiger partial charge in [-0.05, 0) is 38.0 Å². The number of amides is 2. The number of aliphatic carboxylic acids is 1. The number of carboxylic acids is 1. The number of aliphatic hydroxyl groups excluding tert-OH is 1. The van der Waals surface area contributed by atoms with Crippen molar-refractivity contribution in [2.75, 3.05) is 26.7 Å². The van der Waals surface area contributed by atoms with Crippen molar-refractivity contribution in [3.63, 3.8) is 0 Å². The maximum atomic E-state index is 11.9. The Hall–Kier alpha value is -1.30. The highest BCUT2D eigenvalue weighted by Gasteiger charge is 2.30. The van der Waals surface area contributed by atoms with Crippen molar-refractivity contribution < 1.29 is 19.8 Å². The molecule has 1 rings (SSSR count). The molecule has 0 aromatic rings. The second-order valence-corrected chi connectivity index (χ2v) is 5.88. The lowest BCUT2D eigenvalue weighted by Crippen LogP contribution is -2.42. The standard InChI is InChI=1S/C15H28N2O4/c1-17(9-5-2-6-10-18)15(21)16-11-12-7-3-4-8-13(12)14(19)20/h12-13,18H,2-11H2,1H3,(H,16,21)(H,19,20). The molecular weight excluding hydrogens is 272 g/mol. The van der Waals surface area contributed by atoms with Gasteiger partial charge in [0.25, 0.3) is 0 Å². The second-order valence-electron chi connectivity index (χ2n) is 5.88. The molecule has 0 radical (unpaired) electrons. The molecule has 0 aromatic carbocycles. The summed E-state index contributed by atoms with van der Waals surface area (Å²) in [5.74, 6) is -1.02. The van der Waals surface area contributed by atoms with Gasteiger partial charge in [0, 0.05) is 26.7 Å². The third-order valence-corrected chi connectivity index (χ3v) is 4.24. The van der Waals surface area contributed by atoms with Crippen LogP contribution < -0.4 is 5.32 Å². The van der Waals surface area contributed by atoms with Crippen molar-refractivity contribution in [3.05, 3.63) is 0 Å². The fourth-order valence-electron chi connectivity index (χ4n) is 2.87. The minimum absolute atomic E-state index is 0.0444. The zero-order chi connectivity index (χ0) is 15.7. The van der Waals surface area contributed by atoms with Crippen molar-refractivity contribution >= 4 is 12.0 Å². The third kappa shape index (κ3) is 6.33. The van der Waals surface area contributed by atoms with Crippen LogP contribution in [0.5, 0.6) is 0 Å². The van der Waals surface area contributed by atoms with E-state index in [4.69, 9.17) is 5.11 Å². The number of carbonyl (C=O) groups is 2. The van der Waals surface area contributed by atoms with Crippen molar-refractivity contribution in [2.24, 2.45) is 11.8 Å². The molecule has 21 heavy (non-hydrogen) atoms. The highest BCUT2D eigenvalue weighted by atomic mass is 16.4. The van der Waals surface area contributed by atoms with Crippen LogP contribution in [0.25, 0.3) is 0 Å². The molecular formula is C15H28N2O4. The van der Waals surface area contributed by atoms with Crippen LogP contribution >= 0.6 is 0 Å². The summed E-state index contributed by atoms with van der Waals surface area (Å²) in [6, 6.07) is -0.145. The number of hydrogen-bond acceptors (Lipinski definition) is 3. The number of carboxylic acid groups (broad SMARTS) is 1. The molecule has 6 heteroatoms. The number of urea groups is 1. The van der Waals surface area contributed by atoms with Crippen LogP contribution in [0.3, 0.4) is 0 Å². The van der Waals surface area contributed by atoms with Gasteiger partial charge in [-0.3, -0.25) is 4.79 Å². The lowest BCUT2D eigenvalue weighted by molar-refractivity contribution is -0.144. The minimum Gasteiger partial charge on any atom is -0.481 e. The quantitative estimate of drug-likeness (QED) is 0.595. The predicted octanol–water partition coefficient (Wildman–Crippen LogP) is 1.68. The van der Waals surface area contributed by atoms with E-state index in [1.165, 1.54) is 0 Å². The molecule has 2 atom stereocenters. The number of unbranched alkanes of at least 4 members (excludes halogenated alkanes) is 2. The van der Waals surface area contributed by atoms with Crippen LogP contribution in [0, 0.1) is 11.8 Å². The van der Waals surface area contributed by atoms with E-state index < -0.39 is 5.97 Å². The molecule has 0 aromatic heterocycles. The van der Waals surface area contributed by atoms with Crippen LogP contribution in [-0.2, 0) is 4.79 Å². The Balaban J connectivity index is 2.28. The zero-order valence-corrected chi connectivity index (χ0v) is 12.9. The molecule has 2 amide bonds. The molecule has 0 spiro atoms. The van der Waals surface area contributed by atoms with Gasteiger partial charge < -0.3 is 20.4 Å². The Morgan fingerprint density at radius 2 is 1.90 bits per heavy atom. The van der Waals surface area contributed by atoms with E-state index in [1.54, 1.807) is 11.9 Å². The number of nitrogens with one attached hydrogen (secondary N) is 1. The Labute approximate surface area is 126 Å². The lowest BCUT2D eigenvalue weighted by atomic mass is 9.79. The Kier molecular flexibility index (Phi) is 8.12. The van der Waals surface area contributed by atoms with Crippen molar-refractivity contribution in [3.8, 4) is 0 Å². The summed E-state index contributed by atoms with van der Waals surface area (Å²) in [6.07, 6.45) is 6.12. The summed E-state index contributed by atoms with van der Waals surface area (Å²) in [6.45, 7) is 1.28. The van der Waals surface area contributed by atoms with Crippen LogP contribution in [-0.4, -0.2) is 53.9 Å². The smallest absolute Gasteiger partial charge is 0.317 e. The first kappa shape index (κ1) is 17.8. The monoisotopic (exact) mass is 300 g/mol. The topological polar surface area (TPSA) is 89.9 Å². The third-order valence-electron chi connectivity index (χ3n) is 4.24. The minimum atomic E-state index is -0.744. The van der Waals surface area contributed by atoms with Gasteiger partial charge in [-0.25, -0.2) is 4.79 Å². The molecule has 0 bridgehead atoms. The fourth-order valence-corrected chi connectivity index (χ4v) is 2.87. The largest absolute Gasteiger partial charge is 0.481 e. The van der Waals surface area contributed by atoms with Gasteiger partial charge in [0.15, 0.2) is 0 Å². The maximum Gasteiger partial charge on any atom is 0.317 e. The van der Waals surface area contributed by atoms with E-state index in [2.05, 4.69) is 5.32 Å². The van der Waals surface area contributed by atoms with E-state index in [1.807, 2.05) is 0 Å². The van der Waals surface area contributed by atoms with E-state index >= 15 is 0 Å². The van der Waals surface area contributed by atoms with E-state index in [-0.39, 0.29) is 24.5 Å². The van der Waals surface area contributed by atoms with Gasteiger partial charge in [0.05, 0.1) is 5.92 Å². The van der Waals surface area contributed by atoms with Crippen molar-refractivity contribution in [1.29, 1.82) is 0 Å². The van der Waals surface area contributed by atoms with Gasteiger partial charge in [0.1, 0.15) is 0 Å². The van der Waals surface area contributed by atoms with E-state index in [0.717, 1.165) is 38.5 Å². The highest BCUT2D eigenvalue weighted by molar-refractivity contribution is 5.74. The summed E-state index contributed by atoms with van der Waals surface area (Å²) in [7, 11) is 1.74. The van der Waals surface area contributed by atoms with Gasteiger partial charge >= 0.3 is 12.0 Å². The number of nitrogens with zero attached hydrogens (tertiary/aromatic N) is 1. The molecule has 6 nitrogen and oxygen atoms in total. The molecule has 0 aliphatic heterocycles. The first-order valence-corrected chi connectivity index (χ1v) is 7.89. The Morgan fingerprint density at radius 1 is 1.19 bits per heavy atom. The SMILES string of the molecule is CN(CCCCCO)C(=O)NCC1CCCCC1C(=O)O. The predicted molar refractivity (Wildman–Crippen MR) is 80.0 cm³/mol. The molecule has 0 saturated heterocycles. The van der Waals surface area contributed by atoms with Crippen molar-refractivity contribution in [2.45, 2.75) is 44.9 Å². The molecule has 1 aliphatic rings. The van der Waals surface area contributed by atoms with Crippen LogP contribution in [0.2, 0.25) is 0 Å². The van der Waals surface area contributed by atoms with E-state index in [0.29, 0.717) is 19.5 Å². The summed E-state index contributed by atoms with van der Waals surface area (Å²) < 4.78 is 0. The Morgan fingerprint density at radius 3 is 2.57 bits per heavy atom. The lowest BCUT2D eigenvalue weighted by Gasteiger charge is -2.29. The fraction of sp³-hybridized carbons (Fsp3) is 0.867. The number of rotatable bonds is 8. The molecule has 122 valence electrons. The first-order valence-electron chi connectivity index (χ1n) is 7.89. The molecule has 1 fully saturated rings. The highest BCUT2D eigenvalue weighted by Crippen LogP contribution is 2.29. The molecule has 3 N–H and O–H groups in total. The number of hydrogen-bond donors (Lipinski definition) is 3. The number of carbonyl (C=O) groups excluding carboxylic acids is 1. The molecule has 1 saturated carbocycles. The van der Waals surface area contributed by atoms with Gasteiger partial charge in [-0.2, -0.15) is 0 Å². The maximum absolute atomic E-state index is 11.9. The second kappa shape index (κ2) is 9.60. The molecule has 1 aliphatic carbocycles. The Bertz CT molecular complexity index is 336. The first-order chi connectivity index (χ1) is 10.1. The van der Waals surface area contributed by atoms with Crippen LogP contribution in [0.4, 0.5) is 4.79 Å². The normalized spacial score (nSPS) is 21.8. The summed E-state index contributed by atoms with van der Waals surface area (Å²) in [5.41, 5.74) is 0. The van der Waals surface area contributed by atoms with Crippen LogP contribution in [0.15, 0.2) is 0 Å². The van der Waals surface area contributed by atoms with E-state index in [9.17, 15) is 14.7 Å². The van der Waals surface area contributed by atoms with Gasteiger partial charge in [-0.15, -0.1) is 0 Å². The molecule has 0 heterocycles. The average Bonchev–Trinajstić information content (AvgIpc) is 2.49. The summed E-state index contributed by atoms with van der Waals surface area (Å²) in [4.78, 5) is 24.8. The average molecular weight is 300 g/mol. The summed E-state index contributed by atoms with van der Waals surface area (Å²) >= 11 is 0. The van der Waals surface area contributed by atoms with Crippen LogP contribution in [0.1, 0.15) is 44.9 Å². The summed E-state index contributed by atoms with van der Waals surface area (Å²) in [5, 5.41) is 20.8. The zero-order valence-electron chi connectivity index (χ0n) is 12.9.